The summed E-state index contributed by atoms with van der Waals surface area (Å²) in [5, 5.41) is 3.97. The lowest BCUT2D eigenvalue weighted by Gasteiger charge is -2.26. The highest BCUT2D eigenvalue weighted by Gasteiger charge is 2.20. The second kappa shape index (κ2) is 11.2. The Labute approximate surface area is 189 Å². The van der Waals surface area contributed by atoms with E-state index in [-0.39, 0.29) is 12.5 Å². The van der Waals surface area contributed by atoms with Gasteiger partial charge in [-0.2, -0.15) is 9.47 Å². The van der Waals surface area contributed by atoms with E-state index in [9.17, 15) is 4.79 Å². The topological polar surface area (TPSA) is 98.2 Å². The molecular weight excluding hydrogens is 430 g/mol. The van der Waals surface area contributed by atoms with Crippen molar-refractivity contribution in [2.75, 3.05) is 37.8 Å². The third-order valence-electron chi connectivity index (χ3n) is 4.62. The van der Waals surface area contributed by atoms with Crippen molar-refractivity contribution in [3.8, 4) is 11.6 Å². The fraction of sp³-hybridized carbons (Fsp3) is 0.273. The fourth-order valence-corrected chi connectivity index (χ4v) is 3.49. The number of carbonyl (C=O) groups excluding carboxylic acids is 1. The van der Waals surface area contributed by atoms with Crippen LogP contribution >= 0.6 is 11.7 Å². The van der Waals surface area contributed by atoms with Crippen LogP contribution in [0.4, 0.5) is 5.82 Å². The molecule has 1 amide bonds. The van der Waals surface area contributed by atoms with Gasteiger partial charge in [0.15, 0.2) is 6.61 Å². The number of nitrogens with zero attached hydrogens (tertiary/aromatic N) is 4. The number of benzene rings is 2. The Balaban J connectivity index is 1.20. The summed E-state index contributed by atoms with van der Waals surface area (Å²) in [6.07, 6.45) is 1.56. The number of hydrazone groups is 1. The van der Waals surface area contributed by atoms with Gasteiger partial charge in [0.25, 0.3) is 11.8 Å². The van der Waals surface area contributed by atoms with Gasteiger partial charge in [-0.25, -0.2) is 5.43 Å². The van der Waals surface area contributed by atoms with Crippen LogP contribution in [0.25, 0.3) is 0 Å². The highest BCUT2D eigenvalue weighted by Crippen LogP contribution is 2.26. The van der Waals surface area contributed by atoms with Gasteiger partial charge in [-0.3, -0.25) is 4.79 Å². The van der Waals surface area contributed by atoms with Crippen LogP contribution in [-0.2, 0) is 16.1 Å². The van der Waals surface area contributed by atoms with Gasteiger partial charge in [0.05, 0.1) is 31.2 Å². The van der Waals surface area contributed by atoms with Gasteiger partial charge in [-0.05, 0) is 35.4 Å². The van der Waals surface area contributed by atoms with Crippen LogP contribution in [0.3, 0.4) is 0 Å². The zero-order valence-corrected chi connectivity index (χ0v) is 18.2. The standard InChI is InChI=1S/C22H23N5O4S/c28-20(16-31-22-21(25-32-26-22)27-10-12-29-13-11-27)24-23-14-17-6-8-19(9-7-17)30-15-18-4-2-1-3-5-18/h1-9,14H,10-13,15-16H2,(H,24,28)/b23-14-. The van der Waals surface area contributed by atoms with Crippen LogP contribution in [0, 0.1) is 0 Å². The molecule has 1 aromatic heterocycles. The molecule has 0 spiro atoms. The number of ether oxygens (including phenoxy) is 3. The Morgan fingerprint density at radius 2 is 1.88 bits per heavy atom. The monoisotopic (exact) mass is 453 g/mol. The predicted molar refractivity (Wildman–Crippen MR) is 121 cm³/mol. The summed E-state index contributed by atoms with van der Waals surface area (Å²) in [6.45, 7) is 3.00. The summed E-state index contributed by atoms with van der Waals surface area (Å²) in [6, 6.07) is 17.4. The number of hydrogen-bond donors (Lipinski definition) is 1. The Morgan fingerprint density at radius 1 is 1.09 bits per heavy atom. The first-order chi connectivity index (χ1) is 15.8. The summed E-state index contributed by atoms with van der Waals surface area (Å²) in [5.74, 6) is 1.37. The largest absolute Gasteiger partial charge is 0.489 e. The zero-order valence-electron chi connectivity index (χ0n) is 17.3. The molecule has 2 heterocycles. The van der Waals surface area contributed by atoms with Gasteiger partial charge in [-0.15, -0.1) is 4.37 Å². The first-order valence-corrected chi connectivity index (χ1v) is 10.9. The summed E-state index contributed by atoms with van der Waals surface area (Å²) >= 11 is 1.05. The van der Waals surface area contributed by atoms with Crippen molar-refractivity contribution in [3.05, 3.63) is 65.7 Å². The molecule has 1 N–H and O–H groups in total. The number of aromatic nitrogens is 2. The Hall–Kier alpha value is -3.50. The molecule has 1 aliphatic heterocycles. The molecule has 2 aromatic carbocycles. The molecule has 32 heavy (non-hydrogen) atoms. The van der Waals surface area contributed by atoms with Gasteiger partial charge < -0.3 is 19.1 Å². The Morgan fingerprint density at radius 3 is 2.66 bits per heavy atom. The quantitative estimate of drug-likeness (QED) is 0.393. The van der Waals surface area contributed by atoms with E-state index < -0.39 is 0 Å². The van der Waals surface area contributed by atoms with Gasteiger partial charge in [-0.1, -0.05) is 30.3 Å². The number of nitrogens with one attached hydrogen (secondary N) is 1. The molecule has 0 bridgehead atoms. The van der Waals surface area contributed by atoms with Crippen molar-refractivity contribution in [2.24, 2.45) is 5.10 Å². The first kappa shape index (κ1) is 21.7. The Kier molecular flexibility index (Phi) is 7.61. The number of anilines is 1. The molecule has 3 aromatic rings. The van der Waals surface area contributed by atoms with Crippen LogP contribution in [0.1, 0.15) is 11.1 Å². The summed E-state index contributed by atoms with van der Waals surface area (Å²) < 4.78 is 25.0. The normalized spacial score (nSPS) is 13.8. The van der Waals surface area contributed by atoms with Gasteiger partial charge in [0.2, 0.25) is 5.82 Å². The molecule has 1 fully saturated rings. The second-order valence-corrected chi connectivity index (χ2v) is 7.45. The van der Waals surface area contributed by atoms with E-state index in [1.807, 2.05) is 59.5 Å². The third kappa shape index (κ3) is 6.25. The molecule has 0 radical (unpaired) electrons. The molecule has 4 rings (SSSR count). The molecular formula is C22H23N5O4S. The van der Waals surface area contributed by atoms with Crippen LogP contribution in [-0.4, -0.2) is 53.8 Å². The van der Waals surface area contributed by atoms with Crippen molar-refractivity contribution in [1.82, 2.24) is 14.2 Å². The maximum atomic E-state index is 12.0. The number of carbonyl (C=O) groups is 1. The van der Waals surface area contributed by atoms with E-state index in [0.717, 1.165) is 28.6 Å². The van der Waals surface area contributed by atoms with Gasteiger partial charge in [0.1, 0.15) is 12.4 Å². The van der Waals surface area contributed by atoms with E-state index in [1.54, 1.807) is 6.21 Å². The summed E-state index contributed by atoms with van der Waals surface area (Å²) in [4.78, 5) is 14.1. The van der Waals surface area contributed by atoms with E-state index in [1.165, 1.54) is 0 Å². The summed E-state index contributed by atoms with van der Waals surface area (Å²) in [5.41, 5.74) is 4.39. The minimum Gasteiger partial charge on any atom is -0.489 e. The molecule has 1 saturated heterocycles. The van der Waals surface area contributed by atoms with E-state index in [0.29, 0.717) is 44.6 Å². The van der Waals surface area contributed by atoms with Crippen LogP contribution in [0.15, 0.2) is 59.7 Å². The highest BCUT2D eigenvalue weighted by atomic mass is 32.1. The average molecular weight is 454 g/mol. The average Bonchev–Trinajstić information content (AvgIpc) is 3.32. The van der Waals surface area contributed by atoms with Crippen molar-refractivity contribution in [1.29, 1.82) is 0 Å². The van der Waals surface area contributed by atoms with E-state index in [4.69, 9.17) is 14.2 Å². The number of hydrogen-bond acceptors (Lipinski definition) is 9. The SMILES string of the molecule is O=C(COc1nsnc1N1CCOCC1)N/N=C\c1ccc(OCc2ccccc2)cc1. The zero-order chi connectivity index (χ0) is 22.0. The maximum absolute atomic E-state index is 12.0. The minimum absolute atomic E-state index is 0.202. The minimum atomic E-state index is -0.384. The molecule has 1 aliphatic rings. The van der Waals surface area contributed by atoms with Crippen molar-refractivity contribution < 1.29 is 19.0 Å². The van der Waals surface area contributed by atoms with Crippen LogP contribution < -0.4 is 19.8 Å². The Bertz CT molecular complexity index is 1020. The highest BCUT2D eigenvalue weighted by molar-refractivity contribution is 6.99. The summed E-state index contributed by atoms with van der Waals surface area (Å²) in [7, 11) is 0. The van der Waals surface area contributed by atoms with Crippen molar-refractivity contribution in [3.63, 3.8) is 0 Å². The van der Waals surface area contributed by atoms with Crippen molar-refractivity contribution >= 4 is 29.7 Å². The third-order valence-corrected chi connectivity index (χ3v) is 5.13. The molecule has 0 unspecified atom stereocenters. The fourth-order valence-electron chi connectivity index (χ4n) is 2.97. The van der Waals surface area contributed by atoms with Crippen LogP contribution in [0.2, 0.25) is 0 Å². The van der Waals surface area contributed by atoms with Gasteiger partial charge >= 0.3 is 0 Å². The molecule has 10 heteroatoms. The lowest BCUT2D eigenvalue weighted by molar-refractivity contribution is -0.123. The molecule has 166 valence electrons. The second-order valence-electron chi connectivity index (χ2n) is 6.92. The van der Waals surface area contributed by atoms with E-state index in [2.05, 4.69) is 19.3 Å². The maximum Gasteiger partial charge on any atom is 0.278 e. The molecule has 9 nitrogen and oxygen atoms in total. The number of rotatable bonds is 9. The van der Waals surface area contributed by atoms with E-state index >= 15 is 0 Å². The molecule has 0 atom stereocenters. The molecule has 0 aliphatic carbocycles. The predicted octanol–water partition coefficient (Wildman–Crippen LogP) is 2.48. The van der Waals surface area contributed by atoms with Crippen molar-refractivity contribution in [2.45, 2.75) is 6.61 Å². The number of amides is 1. The lowest BCUT2D eigenvalue weighted by atomic mass is 10.2. The lowest BCUT2D eigenvalue weighted by Crippen LogP contribution is -2.36. The first-order valence-electron chi connectivity index (χ1n) is 10.1. The van der Waals surface area contributed by atoms with Crippen LogP contribution in [0.5, 0.6) is 11.6 Å². The van der Waals surface area contributed by atoms with Gasteiger partial charge in [0, 0.05) is 13.1 Å². The molecule has 0 saturated carbocycles. The number of morpholine rings is 1. The smallest absolute Gasteiger partial charge is 0.278 e.